The Bertz CT molecular complexity index is 351. The van der Waals surface area contributed by atoms with E-state index in [1.54, 1.807) is 7.11 Å². The van der Waals surface area contributed by atoms with Crippen LogP contribution in [0.2, 0.25) is 0 Å². The highest BCUT2D eigenvalue weighted by Crippen LogP contribution is 2.10. The second kappa shape index (κ2) is 7.45. The van der Waals surface area contributed by atoms with E-state index < -0.39 is 0 Å². The van der Waals surface area contributed by atoms with Crippen molar-refractivity contribution in [3.05, 3.63) is 34.3 Å². The highest BCUT2D eigenvalue weighted by atomic mass is 79.9. The fourth-order valence-electron chi connectivity index (χ4n) is 1.34. The highest BCUT2D eigenvalue weighted by molar-refractivity contribution is 9.10. The van der Waals surface area contributed by atoms with Gasteiger partial charge in [-0.2, -0.15) is 0 Å². The van der Waals surface area contributed by atoms with Crippen molar-refractivity contribution in [3.8, 4) is 0 Å². The third-order valence-corrected chi connectivity index (χ3v) is 3.11. The molecule has 0 saturated carbocycles. The van der Waals surface area contributed by atoms with E-state index in [1.165, 1.54) is 0 Å². The molecule has 94 valence electrons. The number of nitrogens with one attached hydrogen (secondary N) is 1. The summed E-state index contributed by atoms with van der Waals surface area (Å²) in [6.45, 7) is 2.54. The monoisotopic (exact) mass is 299 g/mol. The van der Waals surface area contributed by atoms with Crippen LogP contribution < -0.4 is 5.32 Å². The van der Waals surface area contributed by atoms with E-state index in [1.807, 2.05) is 31.2 Å². The van der Waals surface area contributed by atoms with Gasteiger partial charge >= 0.3 is 0 Å². The number of methoxy groups -OCH3 is 1. The fourth-order valence-corrected chi connectivity index (χ4v) is 1.61. The SMILES string of the molecule is COC(C)CCC(=O)NCc1ccc(Br)cc1. The largest absolute Gasteiger partial charge is 0.382 e. The maximum atomic E-state index is 11.5. The number of hydrogen-bond acceptors (Lipinski definition) is 2. The summed E-state index contributed by atoms with van der Waals surface area (Å²) in [6, 6.07) is 7.91. The molecular weight excluding hydrogens is 282 g/mol. The molecule has 0 aliphatic rings. The number of ether oxygens (including phenoxy) is 1. The Morgan fingerprint density at radius 3 is 2.65 bits per heavy atom. The Kier molecular flexibility index (Phi) is 6.22. The van der Waals surface area contributed by atoms with Crippen LogP contribution in [0.4, 0.5) is 0 Å². The zero-order valence-corrected chi connectivity index (χ0v) is 11.8. The average Bonchev–Trinajstić information content (AvgIpc) is 2.35. The van der Waals surface area contributed by atoms with Gasteiger partial charge in [0.2, 0.25) is 5.91 Å². The number of amides is 1. The lowest BCUT2D eigenvalue weighted by Crippen LogP contribution is -2.23. The van der Waals surface area contributed by atoms with Gasteiger partial charge in [-0.1, -0.05) is 28.1 Å². The van der Waals surface area contributed by atoms with Crippen LogP contribution in [-0.2, 0) is 16.1 Å². The first-order valence-electron chi connectivity index (χ1n) is 5.65. The van der Waals surface area contributed by atoms with Gasteiger partial charge in [0.1, 0.15) is 0 Å². The zero-order valence-electron chi connectivity index (χ0n) is 10.2. The Labute approximate surface area is 111 Å². The summed E-state index contributed by atoms with van der Waals surface area (Å²) in [5.41, 5.74) is 1.10. The lowest BCUT2D eigenvalue weighted by molar-refractivity contribution is -0.121. The predicted octanol–water partition coefficient (Wildman–Crippen LogP) is 2.88. The summed E-state index contributed by atoms with van der Waals surface area (Å²) in [6.07, 6.45) is 1.39. The van der Waals surface area contributed by atoms with Crippen molar-refractivity contribution < 1.29 is 9.53 Å². The standard InChI is InChI=1S/C13H18BrNO2/c1-10(17-2)3-8-13(16)15-9-11-4-6-12(14)7-5-11/h4-7,10H,3,8-9H2,1-2H3,(H,15,16). The summed E-state index contributed by atoms with van der Waals surface area (Å²) in [5.74, 6) is 0.0665. The maximum absolute atomic E-state index is 11.5. The maximum Gasteiger partial charge on any atom is 0.220 e. The van der Waals surface area contributed by atoms with Crippen molar-refractivity contribution in [2.75, 3.05) is 7.11 Å². The molecule has 0 spiro atoms. The molecule has 1 atom stereocenters. The zero-order chi connectivity index (χ0) is 12.7. The Balaban J connectivity index is 2.26. The van der Waals surface area contributed by atoms with Gasteiger partial charge in [0.15, 0.2) is 0 Å². The molecule has 0 bridgehead atoms. The Hall–Kier alpha value is -0.870. The van der Waals surface area contributed by atoms with Crippen LogP contribution in [0.3, 0.4) is 0 Å². The first-order valence-corrected chi connectivity index (χ1v) is 6.45. The molecule has 1 aromatic carbocycles. The normalized spacial score (nSPS) is 12.2. The van der Waals surface area contributed by atoms with Crippen molar-refractivity contribution in [2.24, 2.45) is 0 Å². The number of carbonyl (C=O) groups is 1. The number of hydrogen-bond donors (Lipinski definition) is 1. The lowest BCUT2D eigenvalue weighted by atomic mass is 10.2. The van der Waals surface area contributed by atoms with Crippen molar-refractivity contribution in [1.29, 1.82) is 0 Å². The van der Waals surface area contributed by atoms with Gasteiger partial charge in [-0.25, -0.2) is 0 Å². The molecule has 0 aromatic heterocycles. The minimum atomic E-state index is 0.0665. The van der Waals surface area contributed by atoms with Gasteiger partial charge < -0.3 is 10.1 Å². The van der Waals surface area contributed by atoms with Crippen LogP contribution >= 0.6 is 15.9 Å². The molecule has 0 aliphatic heterocycles. The van der Waals surface area contributed by atoms with Crippen molar-refractivity contribution >= 4 is 21.8 Å². The first-order chi connectivity index (χ1) is 8.11. The lowest BCUT2D eigenvalue weighted by Gasteiger charge is -2.09. The van der Waals surface area contributed by atoms with Gasteiger partial charge in [0.05, 0.1) is 6.10 Å². The number of benzene rings is 1. The molecule has 0 saturated heterocycles. The molecule has 1 amide bonds. The molecule has 0 heterocycles. The van der Waals surface area contributed by atoms with E-state index >= 15 is 0 Å². The highest BCUT2D eigenvalue weighted by Gasteiger charge is 2.05. The summed E-state index contributed by atoms with van der Waals surface area (Å²) in [5, 5.41) is 2.89. The average molecular weight is 300 g/mol. The molecular formula is C13H18BrNO2. The van der Waals surface area contributed by atoms with Crippen LogP contribution in [0.5, 0.6) is 0 Å². The topological polar surface area (TPSA) is 38.3 Å². The van der Waals surface area contributed by atoms with E-state index in [0.717, 1.165) is 16.5 Å². The smallest absolute Gasteiger partial charge is 0.220 e. The fraction of sp³-hybridized carbons (Fsp3) is 0.462. The molecule has 1 rings (SSSR count). The number of carbonyl (C=O) groups excluding carboxylic acids is 1. The molecule has 17 heavy (non-hydrogen) atoms. The minimum absolute atomic E-state index is 0.0665. The second-order valence-corrected chi connectivity index (χ2v) is 4.90. The van der Waals surface area contributed by atoms with E-state index in [9.17, 15) is 4.79 Å². The third-order valence-electron chi connectivity index (χ3n) is 2.58. The molecule has 1 unspecified atom stereocenters. The summed E-state index contributed by atoms with van der Waals surface area (Å²) in [7, 11) is 1.66. The van der Waals surface area contributed by atoms with E-state index in [2.05, 4.69) is 21.2 Å². The van der Waals surface area contributed by atoms with Crippen LogP contribution in [0.15, 0.2) is 28.7 Å². The molecule has 0 aliphatic carbocycles. The van der Waals surface area contributed by atoms with Crippen molar-refractivity contribution in [3.63, 3.8) is 0 Å². The number of halogens is 1. The van der Waals surface area contributed by atoms with Gasteiger partial charge in [0.25, 0.3) is 0 Å². The molecule has 0 fully saturated rings. The van der Waals surface area contributed by atoms with Crippen LogP contribution in [0, 0.1) is 0 Å². The predicted molar refractivity (Wildman–Crippen MR) is 71.7 cm³/mol. The Morgan fingerprint density at radius 2 is 2.06 bits per heavy atom. The summed E-state index contributed by atoms with van der Waals surface area (Å²) in [4.78, 5) is 11.5. The van der Waals surface area contributed by atoms with Gasteiger partial charge in [-0.15, -0.1) is 0 Å². The quantitative estimate of drug-likeness (QED) is 0.877. The molecule has 4 heteroatoms. The molecule has 1 N–H and O–H groups in total. The molecule has 3 nitrogen and oxygen atoms in total. The minimum Gasteiger partial charge on any atom is -0.382 e. The van der Waals surface area contributed by atoms with E-state index in [4.69, 9.17) is 4.74 Å². The van der Waals surface area contributed by atoms with Gasteiger partial charge in [0, 0.05) is 24.5 Å². The van der Waals surface area contributed by atoms with Crippen LogP contribution in [0.1, 0.15) is 25.3 Å². The third kappa shape index (κ3) is 5.84. The van der Waals surface area contributed by atoms with Crippen molar-refractivity contribution in [2.45, 2.75) is 32.4 Å². The Morgan fingerprint density at radius 1 is 1.41 bits per heavy atom. The molecule has 1 aromatic rings. The van der Waals surface area contributed by atoms with Gasteiger partial charge in [-0.05, 0) is 31.0 Å². The first kappa shape index (κ1) is 14.2. The number of rotatable bonds is 6. The van der Waals surface area contributed by atoms with E-state index in [0.29, 0.717) is 13.0 Å². The van der Waals surface area contributed by atoms with Gasteiger partial charge in [-0.3, -0.25) is 4.79 Å². The summed E-state index contributed by atoms with van der Waals surface area (Å²) < 4.78 is 6.13. The summed E-state index contributed by atoms with van der Waals surface area (Å²) >= 11 is 3.37. The van der Waals surface area contributed by atoms with Crippen LogP contribution in [-0.4, -0.2) is 19.1 Å². The van der Waals surface area contributed by atoms with E-state index in [-0.39, 0.29) is 12.0 Å². The second-order valence-electron chi connectivity index (χ2n) is 3.99. The molecule has 0 radical (unpaired) electrons. The van der Waals surface area contributed by atoms with Crippen molar-refractivity contribution in [1.82, 2.24) is 5.32 Å². The van der Waals surface area contributed by atoms with Crippen LogP contribution in [0.25, 0.3) is 0 Å².